The van der Waals surface area contributed by atoms with Gasteiger partial charge < -0.3 is 10.2 Å². The molecule has 0 radical (unpaired) electrons. The van der Waals surface area contributed by atoms with Crippen molar-refractivity contribution in [3.63, 3.8) is 0 Å². The maximum atomic E-state index is 4.84. The van der Waals surface area contributed by atoms with Crippen molar-refractivity contribution in [2.75, 3.05) is 29.9 Å². The molecule has 1 aliphatic carbocycles. The summed E-state index contributed by atoms with van der Waals surface area (Å²) in [5.74, 6) is 2.51. The van der Waals surface area contributed by atoms with Crippen molar-refractivity contribution in [1.29, 1.82) is 0 Å². The summed E-state index contributed by atoms with van der Waals surface area (Å²) in [4.78, 5) is 11.8. The van der Waals surface area contributed by atoms with Crippen LogP contribution in [0.3, 0.4) is 0 Å². The average Bonchev–Trinajstić information content (AvgIpc) is 3.00. The van der Waals surface area contributed by atoms with Crippen molar-refractivity contribution in [2.45, 2.75) is 58.8 Å². The number of anilines is 2. The number of hydrogen-bond acceptors (Lipinski definition) is 4. The lowest BCUT2D eigenvalue weighted by atomic mass is 10.0. The highest BCUT2D eigenvalue weighted by molar-refractivity contribution is 5.44. The Morgan fingerprint density at radius 1 is 1.15 bits per heavy atom. The monoisotopic (exact) mass is 276 g/mol. The van der Waals surface area contributed by atoms with E-state index in [-0.39, 0.29) is 0 Å². The van der Waals surface area contributed by atoms with Gasteiger partial charge in [0.15, 0.2) is 0 Å². The number of aromatic nitrogens is 2. The molecule has 112 valence electrons. The van der Waals surface area contributed by atoms with Gasteiger partial charge in [-0.3, -0.25) is 0 Å². The second kappa shape index (κ2) is 7.46. The Labute approximate surface area is 123 Å². The summed E-state index contributed by atoms with van der Waals surface area (Å²) in [6.07, 6.45) is 6.35. The summed E-state index contributed by atoms with van der Waals surface area (Å²) < 4.78 is 0. The molecule has 0 bridgehead atoms. The van der Waals surface area contributed by atoms with E-state index >= 15 is 0 Å². The van der Waals surface area contributed by atoms with Crippen LogP contribution in [0.1, 0.15) is 64.5 Å². The molecule has 0 atom stereocenters. The van der Waals surface area contributed by atoms with E-state index in [1.807, 2.05) is 0 Å². The molecule has 0 spiro atoms. The third kappa shape index (κ3) is 3.62. The summed E-state index contributed by atoms with van der Waals surface area (Å²) in [6, 6.07) is 2.17. The first-order valence-corrected chi connectivity index (χ1v) is 8.16. The molecule has 4 heteroatoms. The fourth-order valence-corrected chi connectivity index (χ4v) is 2.88. The van der Waals surface area contributed by atoms with Crippen molar-refractivity contribution < 1.29 is 0 Å². The molecule has 1 heterocycles. The Balaban J connectivity index is 2.27. The standard InChI is InChI=1S/C16H28N4/c1-4-11-17-15-12-14(13-9-7-8-10-13)18-16(19-15)20(5-2)6-3/h12-13H,4-11H2,1-3H3,(H,17,18,19). The van der Waals surface area contributed by atoms with E-state index in [1.54, 1.807) is 0 Å². The first kappa shape index (κ1) is 15.1. The van der Waals surface area contributed by atoms with Gasteiger partial charge in [-0.1, -0.05) is 19.8 Å². The van der Waals surface area contributed by atoms with Crippen LogP contribution in [0, 0.1) is 0 Å². The number of rotatable bonds is 7. The fraction of sp³-hybridized carbons (Fsp3) is 0.750. The summed E-state index contributed by atoms with van der Waals surface area (Å²) >= 11 is 0. The smallest absolute Gasteiger partial charge is 0.227 e. The molecule has 1 fully saturated rings. The molecule has 0 unspecified atom stereocenters. The minimum atomic E-state index is 0.634. The van der Waals surface area contributed by atoms with Gasteiger partial charge in [0, 0.05) is 31.6 Å². The predicted octanol–water partition coefficient (Wildman–Crippen LogP) is 3.80. The normalized spacial score (nSPS) is 15.6. The second-order valence-corrected chi connectivity index (χ2v) is 5.56. The number of nitrogens with zero attached hydrogens (tertiary/aromatic N) is 3. The maximum Gasteiger partial charge on any atom is 0.227 e. The molecule has 1 aromatic rings. The Morgan fingerprint density at radius 3 is 2.45 bits per heavy atom. The van der Waals surface area contributed by atoms with Gasteiger partial charge >= 0.3 is 0 Å². The highest BCUT2D eigenvalue weighted by atomic mass is 15.3. The molecule has 0 aliphatic heterocycles. The first-order valence-electron chi connectivity index (χ1n) is 8.16. The zero-order chi connectivity index (χ0) is 14.4. The van der Waals surface area contributed by atoms with E-state index in [4.69, 9.17) is 4.98 Å². The van der Waals surface area contributed by atoms with Gasteiger partial charge in [0.05, 0.1) is 5.69 Å². The van der Waals surface area contributed by atoms with Crippen molar-refractivity contribution in [2.24, 2.45) is 0 Å². The van der Waals surface area contributed by atoms with Crippen molar-refractivity contribution in [3.05, 3.63) is 11.8 Å². The van der Waals surface area contributed by atoms with Gasteiger partial charge in [-0.25, -0.2) is 4.98 Å². The SMILES string of the molecule is CCCNc1cc(C2CCCC2)nc(N(CC)CC)n1. The van der Waals surface area contributed by atoms with Gasteiger partial charge in [0.2, 0.25) is 5.95 Å². The third-order valence-corrected chi connectivity index (χ3v) is 4.11. The molecule has 4 nitrogen and oxygen atoms in total. The van der Waals surface area contributed by atoms with Crippen molar-refractivity contribution in [3.8, 4) is 0 Å². The quantitative estimate of drug-likeness (QED) is 0.822. The molecule has 1 aromatic heterocycles. The zero-order valence-corrected chi connectivity index (χ0v) is 13.2. The fourth-order valence-electron chi connectivity index (χ4n) is 2.88. The van der Waals surface area contributed by atoms with Gasteiger partial charge in [0.25, 0.3) is 0 Å². The highest BCUT2D eigenvalue weighted by Gasteiger charge is 2.20. The van der Waals surface area contributed by atoms with Crippen LogP contribution < -0.4 is 10.2 Å². The third-order valence-electron chi connectivity index (χ3n) is 4.11. The molecule has 1 saturated carbocycles. The van der Waals surface area contributed by atoms with Crippen LogP contribution >= 0.6 is 0 Å². The Bertz CT molecular complexity index is 389. The average molecular weight is 276 g/mol. The second-order valence-electron chi connectivity index (χ2n) is 5.56. The maximum absolute atomic E-state index is 4.84. The zero-order valence-electron chi connectivity index (χ0n) is 13.2. The van der Waals surface area contributed by atoms with E-state index in [0.29, 0.717) is 5.92 Å². The lowest BCUT2D eigenvalue weighted by molar-refractivity contribution is 0.687. The van der Waals surface area contributed by atoms with Gasteiger partial charge in [0.1, 0.15) is 5.82 Å². The summed E-state index contributed by atoms with van der Waals surface area (Å²) in [6.45, 7) is 9.38. The highest BCUT2D eigenvalue weighted by Crippen LogP contribution is 2.34. The minimum absolute atomic E-state index is 0.634. The molecule has 20 heavy (non-hydrogen) atoms. The first-order chi connectivity index (χ1) is 9.78. The lowest BCUT2D eigenvalue weighted by Crippen LogP contribution is -2.25. The molecule has 2 rings (SSSR count). The van der Waals surface area contributed by atoms with E-state index < -0.39 is 0 Å². The van der Waals surface area contributed by atoms with Crippen LogP contribution in [0.15, 0.2) is 6.07 Å². The summed E-state index contributed by atoms with van der Waals surface area (Å²) in [7, 11) is 0. The molecule has 0 aromatic carbocycles. The molecular weight excluding hydrogens is 248 g/mol. The Kier molecular flexibility index (Phi) is 5.62. The van der Waals surface area contributed by atoms with E-state index in [2.05, 4.69) is 42.0 Å². The molecule has 1 aliphatic rings. The van der Waals surface area contributed by atoms with Crippen LogP contribution in [0.5, 0.6) is 0 Å². The van der Waals surface area contributed by atoms with E-state index in [1.165, 1.54) is 31.4 Å². The van der Waals surface area contributed by atoms with Crippen LogP contribution in [0.4, 0.5) is 11.8 Å². The van der Waals surface area contributed by atoms with Gasteiger partial charge in [-0.15, -0.1) is 0 Å². The number of nitrogens with one attached hydrogen (secondary N) is 1. The van der Waals surface area contributed by atoms with Gasteiger partial charge in [-0.05, 0) is 33.1 Å². The van der Waals surface area contributed by atoms with Crippen LogP contribution in [-0.2, 0) is 0 Å². The topological polar surface area (TPSA) is 41.1 Å². The molecule has 1 N–H and O–H groups in total. The van der Waals surface area contributed by atoms with E-state index in [9.17, 15) is 0 Å². The Hall–Kier alpha value is -1.32. The van der Waals surface area contributed by atoms with Crippen LogP contribution in [-0.4, -0.2) is 29.6 Å². The number of hydrogen-bond donors (Lipinski definition) is 1. The lowest BCUT2D eigenvalue weighted by Gasteiger charge is -2.21. The largest absolute Gasteiger partial charge is 0.370 e. The minimum Gasteiger partial charge on any atom is -0.370 e. The van der Waals surface area contributed by atoms with Crippen molar-refractivity contribution in [1.82, 2.24) is 9.97 Å². The predicted molar refractivity (Wildman–Crippen MR) is 85.6 cm³/mol. The van der Waals surface area contributed by atoms with Crippen LogP contribution in [0.2, 0.25) is 0 Å². The van der Waals surface area contributed by atoms with Gasteiger partial charge in [-0.2, -0.15) is 4.98 Å². The Morgan fingerprint density at radius 2 is 1.85 bits per heavy atom. The molecule has 0 amide bonds. The van der Waals surface area contributed by atoms with E-state index in [0.717, 1.165) is 37.8 Å². The molecular formula is C16H28N4. The molecule has 0 saturated heterocycles. The van der Waals surface area contributed by atoms with Crippen LogP contribution in [0.25, 0.3) is 0 Å². The van der Waals surface area contributed by atoms with Crippen molar-refractivity contribution >= 4 is 11.8 Å². The summed E-state index contributed by atoms with van der Waals surface area (Å²) in [5, 5.41) is 3.42. The summed E-state index contributed by atoms with van der Waals surface area (Å²) in [5.41, 5.74) is 1.23.